The summed E-state index contributed by atoms with van der Waals surface area (Å²) in [4.78, 5) is 0. The molecule has 1 rings (SSSR count). The van der Waals surface area contributed by atoms with Crippen LogP contribution in [0.4, 0.5) is 5.69 Å². The number of para-hydroxylation sites is 1. The molecule has 1 aromatic rings. The van der Waals surface area contributed by atoms with Gasteiger partial charge in [-0.3, -0.25) is 0 Å². The summed E-state index contributed by atoms with van der Waals surface area (Å²) < 4.78 is 0. The lowest BCUT2D eigenvalue weighted by molar-refractivity contribution is 0.0875. The van der Waals surface area contributed by atoms with E-state index >= 15 is 0 Å². The van der Waals surface area contributed by atoms with E-state index in [2.05, 4.69) is 5.32 Å². The van der Waals surface area contributed by atoms with Gasteiger partial charge in [0.2, 0.25) is 0 Å². The second-order valence-corrected chi connectivity index (χ2v) is 3.26. The quantitative estimate of drug-likeness (QED) is 0.664. The van der Waals surface area contributed by atoms with E-state index in [1.165, 1.54) is 0 Å². The van der Waals surface area contributed by atoms with Crippen LogP contribution < -0.4 is 5.32 Å². The zero-order valence-corrected chi connectivity index (χ0v) is 8.30. The highest BCUT2D eigenvalue weighted by Crippen LogP contribution is 2.09. The number of nitrogens with zero attached hydrogens (tertiary/aromatic N) is 1. The third kappa shape index (κ3) is 3.98. The Morgan fingerprint density at radius 2 is 2.00 bits per heavy atom. The molecule has 0 aliphatic carbocycles. The molecule has 0 fully saturated rings. The van der Waals surface area contributed by atoms with Crippen LogP contribution in [-0.2, 0) is 0 Å². The zero-order chi connectivity index (χ0) is 11.1. The second kappa shape index (κ2) is 6.02. The van der Waals surface area contributed by atoms with Crippen LogP contribution in [0.25, 0.3) is 0 Å². The predicted octanol–water partition coefficient (Wildman–Crippen LogP) is 0.734. The number of nitriles is 1. The normalized spacial score (nSPS) is 13.9. The highest BCUT2D eigenvalue weighted by atomic mass is 16.3. The van der Waals surface area contributed by atoms with Crippen LogP contribution in [0.1, 0.15) is 6.42 Å². The van der Waals surface area contributed by atoms with Gasteiger partial charge in [0, 0.05) is 12.1 Å². The molecule has 0 unspecified atom stereocenters. The summed E-state index contributed by atoms with van der Waals surface area (Å²) in [6.45, 7) is -0.325. The Morgan fingerprint density at radius 3 is 2.53 bits per heavy atom. The number of hydrogen-bond acceptors (Lipinski definition) is 4. The first-order valence-corrected chi connectivity index (χ1v) is 4.76. The molecule has 3 N–H and O–H groups in total. The number of hydrogen-bond donors (Lipinski definition) is 3. The standard InChI is InChI=1S/C11H14N2O2/c12-7-10(6-11(15)8-14)13-9-4-2-1-3-5-9/h1-5,10-11,13-15H,6,8H2/t10-,11-/m1/s1. The maximum Gasteiger partial charge on any atom is 0.117 e. The van der Waals surface area contributed by atoms with Crippen LogP contribution in [0.2, 0.25) is 0 Å². The predicted molar refractivity (Wildman–Crippen MR) is 57.2 cm³/mol. The summed E-state index contributed by atoms with van der Waals surface area (Å²) in [6, 6.07) is 10.8. The Hall–Kier alpha value is -1.57. The summed E-state index contributed by atoms with van der Waals surface area (Å²) in [5.41, 5.74) is 0.828. The van der Waals surface area contributed by atoms with Crippen molar-refractivity contribution in [1.29, 1.82) is 5.26 Å². The van der Waals surface area contributed by atoms with Crippen LogP contribution >= 0.6 is 0 Å². The van der Waals surface area contributed by atoms with Crippen molar-refractivity contribution in [2.45, 2.75) is 18.6 Å². The number of anilines is 1. The molecule has 80 valence electrons. The molecule has 15 heavy (non-hydrogen) atoms. The van der Waals surface area contributed by atoms with Gasteiger partial charge in [-0.25, -0.2) is 0 Å². The van der Waals surface area contributed by atoms with Crippen molar-refractivity contribution in [3.8, 4) is 6.07 Å². The summed E-state index contributed by atoms with van der Waals surface area (Å²) in [5, 5.41) is 29.6. The van der Waals surface area contributed by atoms with Gasteiger partial charge < -0.3 is 15.5 Å². The molecule has 0 heterocycles. The molecule has 0 amide bonds. The monoisotopic (exact) mass is 206 g/mol. The molecular weight excluding hydrogens is 192 g/mol. The maximum absolute atomic E-state index is 9.20. The van der Waals surface area contributed by atoms with E-state index in [1.807, 2.05) is 36.4 Å². The average molecular weight is 206 g/mol. The first-order chi connectivity index (χ1) is 7.26. The highest BCUT2D eigenvalue weighted by Gasteiger charge is 2.12. The molecule has 2 atom stereocenters. The third-order valence-corrected chi connectivity index (χ3v) is 1.99. The van der Waals surface area contributed by atoms with Crippen molar-refractivity contribution in [2.24, 2.45) is 0 Å². The van der Waals surface area contributed by atoms with Gasteiger partial charge in [0.05, 0.1) is 18.8 Å². The Morgan fingerprint density at radius 1 is 1.33 bits per heavy atom. The van der Waals surface area contributed by atoms with Crippen LogP contribution in [0.5, 0.6) is 0 Å². The molecule has 4 nitrogen and oxygen atoms in total. The molecule has 0 aliphatic rings. The molecule has 0 spiro atoms. The summed E-state index contributed by atoms with van der Waals surface area (Å²) in [5.74, 6) is 0. The molecule has 0 radical (unpaired) electrons. The SMILES string of the molecule is N#C[C@@H](C[C@@H](O)CO)Nc1ccccc1. The summed E-state index contributed by atoms with van der Waals surface area (Å²) >= 11 is 0. The van der Waals surface area contributed by atoms with Crippen molar-refractivity contribution in [3.05, 3.63) is 30.3 Å². The molecule has 0 bridgehead atoms. The lowest BCUT2D eigenvalue weighted by Gasteiger charge is -2.15. The van der Waals surface area contributed by atoms with Gasteiger partial charge in [0.15, 0.2) is 0 Å². The van der Waals surface area contributed by atoms with E-state index in [0.717, 1.165) is 5.69 Å². The molecule has 0 saturated carbocycles. The van der Waals surface area contributed by atoms with E-state index in [-0.39, 0.29) is 13.0 Å². The zero-order valence-electron chi connectivity index (χ0n) is 8.30. The van der Waals surface area contributed by atoms with Crippen LogP contribution in [0.3, 0.4) is 0 Å². The topological polar surface area (TPSA) is 76.3 Å². The minimum Gasteiger partial charge on any atom is -0.394 e. The lowest BCUT2D eigenvalue weighted by Crippen LogP contribution is -2.25. The first kappa shape index (κ1) is 11.5. The van der Waals surface area contributed by atoms with Gasteiger partial charge in [0.25, 0.3) is 0 Å². The largest absolute Gasteiger partial charge is 0.394 e. The van der Waals surface area contributed by atoms with E-state index in [0.29, 0.717) is 0 Å². The number of nitrogens with one attached hydrogen (secondary N) is 1. The fourth-order valence-corrected chi connectivity index (χ4v) is 1.23. The highest BCUT2D eigenvalue weighted by molar-refractivity contribution is 5.44. The molecular formula is C11H14N2O2. The van der Waals surface area contributed by atoms with Crippen molar-refractivity contribution in [3.63, 3.8) is 0 Å². The van der Waals surface area contributed by atoms with E-state index in [4.69, 9.17) is 10.4 Å². The molecule has 4 heteroatoms. The van der Waals surface area contributed by atoms with Crippen molar-refractivity contribution >= 4 is 5.69 Å². The summed E-state index contributed by atoms with van der Waals surface area (Å²) in [6.07, 6.45) is -0.645. The van der Waals surface area contributed by atoms with Gasteiger partial charge in [-0.2, -0.15) is 5.26 Å². The molecule has 0 aromatic heterocycles. The Bertz CT molecular complexity index is 321. The number of benzene rings is 1. The van der Waals surface area contributed by atoms with Crippen molar-refractivity contribution in [1.82, 2.24) is 0 Å². The molecule has 0 saturated heterocycles. The smallest absolute Gasteiger partial charge is 0.117 e. The Kier molecular flexibility index (Phi) is 4.61. The third-order valence-electron chi connectivity index (χ3n) is 1.99. The van der Waals surface area contributed by atoms with Gasteiger partial charge in [-0.15, -0.1) is 0 Å². The minimum absolute atomic E-state index is 0.210. The fourth-order valence-electron chi connectivity index (χ4n) is 1.23. The Labute approximate surface area is 88.8 Å². The number of aliphatic hydroxyl groups excluding tert-OH is 2. The van der Waals surface area contributed by atoms with E-state index in [9.17, 15) is 5.11 Å². The van der Waals surface area contributed by atoms with Crippen LogP contribution in [-0.4, -0.2) is 29.0 Å². The van der Waals surface area contributed by atoms with Gasteiger partial charge in [-0.05, 0) is 12.1 Å². The average Bonchev–Trinajstić information content (AvgIpc) is 2.29. The Balaban J connectivity index is 2.52. The van der Waals surface area contributed by atoms with E-state index < -0.39 is 12.1 Å². The van der Waals surface area contributed by atoms with Crippen molar-refractivity contribution in [2.75, 3.05) is 11.9 Å². The van der Waals surface area contributed by atoms with Gasteiger partial charge in [0.1, 0.15) is 6.04 Å². The van der Waals surface area contributed by atoms with Gasteiger partial charge >= 0.3 is 0 Å². The number of rotatable bonds is 5. The van der Waals surface area contributed by atoms with Crippen molar-refractivity contribution < 1.29 is 10.2 Å². The summed E-state index contributed by atoms with van der Waals surface area (Å²) in [7, 11) is 0. The van der Waals surface area contributed by atoms with E-state index in [1.54, 1.807) is 0 Å². The lowest BCUT2D eigenvalue weighted by atomic mass is 10.1. The molecule has 0 aliphatic heterocycles. The van der Waals surface area contributed by atoms with Crippen LogP contribution in [0.15, 0.2) is 30.3 Å². The second-order valence-electron chi connectivity index (χ2n) is 3.26. The molecule has 1 aromatic carbocycles. The van der Waals surface area contributed by atoms with Crippen LogP contribution in [0, 0.1) is 11.3 Å². The maximum atomic E-state index is 9.20. The van der Waals surface area contributed by atoms with Gasteiger partial charge in [-0.1, -0.05) is 18.2 Å². The first-order valence-electron chi connectivity index (χ1n) is 4.76. The fraction of sp³-hybridized carbons (Fsp3) is 0.364. The number of aliphatic hydroxyl groups is 2. The minimum atomic E-state index is -0.856.